The molecule has 0 unspecified atom stereocenters. The van der Waals surface area contributed by atoms with Gasteiger partial charge in [0.25, 0.3) is 0 Å². The van der Waals surface area contributed by atoms with Gasteiger partial charge in [-0.25, -0.2) is 4.99 Å². The molecule has 32 heavy (non-hydrogen) atoms. The predicted molar refractivity (Wildman–Crippen MR) is 126 cm³/mol. The second-order valence-corrected chi connectivity index (χ2v) is 8.30. The molecule has 7 heteroatoms. The van der Waals surface area contributed by atoms with E-state index in [2.05, 4.69) is 37.8 Å². The van der Waals surface area contributed by atoms with Gasteiger partial charge in [0.05, 0.1) is 38.7 Å². The smallest absolute Gasteiger partial charge is 0.232 e. The first-order valence-corrected chi connectivity index (χ1v) is 10.7. The highest BCUT2D eigenvalue weighted by molar-refractivity contribution is 6.07. The number of carbonyl (C=O) groups excluding carboxylic acids is 1. The van der Waals surface area contributed by atoms with Crippen LogP contribution in [0.5, 0.6) is 11.5 Å². The lowest BCUT2D eigenvalue weighted by Gasteiger charge is -2.40. The molecular formula is C25H30N4O3. The molecule has 4 rings (SSSR count). The van der Waals surface area contributed by atoms with Crippen molar-refractivity contribution in [1.82, 2.24) is 9.80 Å². The second-order valence-electron chi connectivity index (χ2n) is 8.30. The van der Waals surface area contributed by atoms with Crippen molar-refractivity contribution in [2.24, 2.45) is 10.7 Å². The summed E-state index contributed by atoms with van der Waals surface area (Å²) in [6.45, 7) is 7.73. The Balaban J connectivity index is 1.89. The number of rotatable bonds is 5. The summed E-state index contributed by atoms with van der Waals surface area (Å²) in [5.74, 6) is 2.09. The minimum absolute atomic E-state index is 0.0414. The van der Waals surface area contributed by atoms with Gasteiger partial charge in [-0.05, 0) is 49.6 Å². The molecule has 2 N–H and O–H groups in total. The third-order valence-electron chi connectivity index (χ3n) is 5.98. The normalized spacial score (nSPS) is 16.6. The third-order valence-corrected chi connectivity index (χ3v) is 5.98. The average Bonchev–Trinajstić information content (AvgIpc) is 2.76. The number of amidine groups is 1. The van der Waals surface area contributed by atoms with E-state index in [-0.39, 0.29) is 5.91 Å². The van der Waals surface area contributed by atoms with Gasteiger partial charge in [0, 0.05) is 24.7 Å². The lowest BCUT2D eigenvalue weighted by molar-refractivity contribution is -0.128. The molecule has 2 aromatic rings. The molecule has 0 saturated heterocycles. The topological polar surface area (TPSA) is 80.4 Å². The quantitative estimate of drug-likeness (QED) is 0.781. The second kappa shape index (κ2) is 8.67. The molecule has 2 aliphatic heterocycles. The Morgan fingerprint density at radius 2 is 1.69 bits per heavy atom. The number of hydrogen-bond donors (Lipinski definition) is 1. The van der Waals surface area contributed by atoms with E-state index in [1.807, 2.05) is 18.2 Å². The van der Waals surface area contributed by atoms with Crippen LogP contribution in [0.25, 0.3) is 5.70 Å². The van der Waals surface area contributed by atoms with Gasteiger partial charge in [0.2, 0.25) is 5.91 Å². The first-order valence-electron chi connectivity index (χ1n) is 10.7. The van der Waals surface area contributed by atoms with Crippen LogP contribution >= 0.6 is 0 Å². The number of hydrogen-bond acceptors (Lipinski definition) is 5. The Labute approximate surface area is 189 Å². The van der Waals surface area contributed by atoms with Crippen LogP contribution in [0.15, 0.2) is 35.3 Å². The fourth-order valence-corrected chi connectivity index (χ4v) is 4.52. The van der Waals surface area contributed by atoms with Gasteiger partial charge >= 0.3 is 0 Å². The molecule has 2 heterocycles. The largest absolute Gasteiger partial charge is 0.493 e. The minimum Gasteiger partial charge on any atom is -0.493 e. The monoisotopic (exact) mass is 434 g/mol. The highest BCUT2D eigenvalue weighted by atomic mass is 16.5. The van der Waals surface area contributed by atoms with Crippen LogP contribution in [0.4, 0.5) is 5.69 Å². The zero-order valence-corrected chi connectivity index (χ0v) is 19.4. The van der Waals surface area contributed by atoms with E-state index >= 15 is 0 Å². The number of nitrogens with zero attached hydrogens (tertiary/aromatic N) is 3. The van der Waals surface area contributed by atoms with Crippen molar-refractivity contribution >= 4 is 23.1 Å². The first kappa shape index (κ1) is 21.9. The fraction of sp³-hybridized carbons (Fsp3) is 0.360. The van der Waals surface area contributed by atoms with Gasteiger partial charge in [0.1, 0.15) is 5.84 Å². The molecule has 2 aliphatic rings. The average molecular weight is 435 g/mol. The molecule has 0 spiro atoms. The van der Waals surface area contributed by atoms with Crippen LogP contribution in [0.3, 0.4) is 0 Å². The number of ether oxygens (including phenoxy) is 2. The van der Waals surface area contributed by atoms with Crippen LogP contribution in [0.1, 0.15) is 27.8 Å². The highest BCUT2D eigenvalue weighted by Gasteiger charge is 2.34. The Bertz CT molecular complexity index is 1110. The third kappa shape index (κ3) is 3.84. The number of nitrogens with two attached hydrogens (primary N) is 1. The molecule has 168 valence electrons. The van der Waals surface area contributed by atoms with E-state index in [0.29, 0.717) is 37.7 Å². The van der Waals surface area contributed by atoms with Crippen molar-refractivity contribution < 1.29 is 14.3 Å². The summed E-state index contributed by atoms with van der Waals surface area (Å²) in [6, 6.07) is 8.11. The van der Waals surface area contributed by atoms with Crippen LogP contribution < -0.4 is 15.2 Å². The number of benzene rings is 2. The lowest BCUT2D eigenvalue weighted by Crippen LogP contribution is -2.50. The van der Waals surface area contributed by atoms with Crippen molar-refractivity contribution in [3.63, 3.8) is 0 Å². The number of aliphatic imine (C=N–C) groups is 1. The van der Waals surface area contributed by atoms with Gasteiger partial charge < -0.3 is 20.1 Å². The summed E-state index contributed by atoms with van der Waals surface area (Å²) in [5.41, 5.74) is 13.0. The molecule has 0 radical (unpaired) electrons. The van der Waals surface area contributed by atoms with E-state index < -0.39 is 0 Å². The summed E-state index contributed by atoms with van der Waals surface area (Å²) in [4.78, 5) is 21.9. The summed E-state index contributed by atoms with van der Waals surface area (Å²) in [7, 11) is 3.22. The standard InChI is InChI=1S/C25H30N4O3/c1-15-8-16(2)25(17(3)9-15)27-23-13-20-19-12-22(32-5)21(31-4)10-18(19)11-24(30)29(20)14-28(23)7-6-26/h8-10,12-13H,6-7,11,14,26H2,1-5H3. The van der Waals surface area contributed by atoms with Crippen molar-refractivity contribution in [1.29, 1.82) is 0 Å². The SMILES string of the molecule is COc1cc2c(cc1OC)C1=CC(=Nc3c(C)cc(C)cc3C)N(CCN)CN1C(=O)C2. The Kier molecular flexibility index (Phi) is 5.93. The maximum Gasteiger partial charge on any atom is 0.232 e. The van der Waals surface area contributed by atoms with Crippen LogP contribution in [0.2, 0.25) is 0 Å². The Morgan fingerprint density at radius 1 is 1.03 bits per heavy atom. The number of aryl methyl sites for hydroxylation is 3. The molecule has 0 saturated carbocycles. The predicted octanol–water partition coefficient (Wildman–Crippen LogP) is 3.32. The first-order chi connectivity index (χ1) is 15.4. The molecule has 2 aromatic carbocycles. The Morgan fingerprint density at radius 3 is 2.31 bits per heavy atom. The van der Waals surface area contributed by atoms with Gasteiger partial charge in [0.15, 0.2) is 11.5 Å². The molecular weight excluding hydrogens is 404 g/mol. The molecule has 1 amide bonds. The van der Waals surface area contributed by atoms with Crippen molar-refractivity contribution in [3.8, 4) is 11.5 Å². The summed E-state index contributed by atoms with van der Waals surface area (Å²) >= 11 is 0. The highest BCUT2D eigenvalue weighted by Crippen LogP contribution is 2.39. The molecule has 0 atom stereocenters. The van der Waals surface area contributed by atoms with E-state index in [0.717, 1.165) is 39.5 Å². The Hall–Kier alpha value is -3.32. The lowest BCUT2D eigenvalue weighted by atomic mass is 9.94. The zero-order chi connectivity index (χ0) is 23.0. The van der Waals surface area contributed by atoms with Crippen LogP contribution in [0, 0.1) is 20.8 Å². The fourth-order valence-electron chi connectivity index (χ4n) is 4.52. The van der Waals surface area contributed by atoms with E-state index in [4.69, 9.17) is 20.2 Å². The van der Waals surface area contributed by atoms with Crippen LogP contribution in [-0.4, -0.2) is 55.5 Å². The van der Waals surface area contributed by atoms with Gasteiger partial charge in [-0.2, -0.15) is 0 Å². The van der Waals surface area contributed by atoms with Crippen molar-refractivity contribution in [3.05, 3.63) is 58.2 Å². The van der Waals surface area contributed by atoms with Crippen molar-refractivity contribution in [2.45, 2.75) is 27.2 Å². The number of amides is 1. The van der Waals surface area contributed by atoms with Gasteiger partial charge in [-0.1, -0.05) is 17.7 Å². The molecule has 0 fully saturated rings. The van der Waals surface area contributed by atoms with E-state index in [9.17, 15) is 4.79 Å². The summed E-state index contributed by atoms with van der Waals surface area (Å²) in [6.07, 6.45) is 2.30. The zero-order valence-electron chi connectivity index (χ0n) is 19.4. The molecule has 0 aliphatic carbocycles. The summed E-state index contributed by atoms with van der Waals surface area (Å²) < 4.78 is 11.0. The summed E-state index contributed by atoms with van der Waals surface area (Å²) in [5, 5.41) is 0. The molecule has 7 nitrogen and oxygen atoms in total. The number of methoxy groups -OCH3 is 2. The van der Waals surface area contributed by atoms with Crippen molar-refractivity contribution in [2.75, 3.05) is 34.0 Å². The van der Waals surface area contributed by atoms with Crippen LogP contribution in [-0.2, 0) is 11.2 Å². The number of carbonyl (C=O) groups is 1. The number of fused-ring (bicyclic) bond motifs is 3. The van der Waals surface area contributed by atoms with Gasteiger partial charge in [-0.15, -0.1) is 0 Å². The van der Waals surface area contributed by atoms with E-state index in [1.165, 1.54) is 5.56 Å². The van der Waals surface area contributed by atoms with Gasteiger partial charge in [-0.3, -0.25) is 9.69 Å². The van der Waals surface area contributed by atoms with E-state index in [1.54, 1.807) is 19.1 Å². The maximum absolute atomic E-state index is 13.0. The maximum atomic E-state index is 13.0. The molecule has 0 aromatic heterocycles. The minimum atomic E-state index is 0.0414. The molecule has 0 bridgehead atoms.